The van der Waals surface area contributed by atoms with Crippen LogP contribution in [0.4, 0.5) is 5.69 Å². The topological polar surface area (TPSA) is 71.3 Å². The number of rotatable bonds is 7. The van der Waals surface area contributed by atoms with E-state index in [1.54, 1.807) is 18.2 Å². The minimum Gasteiger partial charge on any atom is -0.493 e. The zero-order chi connectivity index (χ0) is 24.8. The Morgan fingerprint density at radius 1 is 1.06 bits per heavy atom. The number of anilines is 1. The molecule has 0 spiro atoms. The van der Waals surface area contributed by atoms with Crippen molar-refractivity contribution in [1.82, 2.24) is 0 Å². The van der Waals surface area contributed by atoms with E-state index < -0.39 is 5.91 Å². The quantitative estimate of drug-likeness (QED) is 0.229. The van der Waals surface area contributed by atoms with Crippen LogP contribution in [-0.2, 0) is 11.4 Å². The summed E-state index contributed by atoms with van der Waals surface area (Å²) in [5, 5.41) is 14.7. The molecule has 0 saturated carbocycles. The zero-order valence-corrected chi connectivity index (χ0v) is 20.1. The van der Waals surface area contributed by atoms with Crippen LogP contribution in [0.25, 0.3) is 16.8 Å². The summed E-state index contributed by atoms with van der Waals surface area (Å²) >= 11 is 6.49. The molecule has 0 aliphatic heterocycles. The first-order chi connectivity index (χ1) is 17.0. The lowest BCUT2D eigenvalue weighted by molar-refractivity contribution is -0.112. The van der Waals surface area contributed by atoms with Crippen LogP contribution >= 0.6 is 11.6 Å². The average Bonchev–Trinajstić information content (AvgIpc) is 2.87. The molecule has 0 aliphatic carbocycles. The van der Waals surface area contributed by atoms with Gasteiger partial charge in [-0.3, -0.25) is 4.79 Å². The second-order valence-electron chi connectivity index (χ2n) is 7.96. The number of amides is 1. The molecule has 5 nitrogen and oxygen atoms in total. The number of aryl methyl sites for hydroxylation is 1. The molecular weight excluding hydrogens is 460 g/mol. The number of nitrogens with one attached hydrogen (secondary N) is 1. The second kappa shape index (κ2) is 10.8. The second-order valence-corrected chi connectivity index (χ2v) is 8.37. The number of ether oxygens (including phenoxy) is 2. The highest BCUT2D eigenvalue weighted by Gasteiger charge is 2.15. The molecule has 0 aromatic heterocycles. The van der Waals surface area contributed by atoms with Gasteiger partial charge in [-0.1, -0.05) is 77.8 Å². The highest BCUT2D eigenvalue weighted by molar-refractivity contribution is 6.32. The zero-order valence-electron chi connectivity index (χ0n) is 19.3. The van der Waals surface area contributed by atoms with Crippen molar-refractivity contribution in [1.29, 1.82) is 5.26 Å². The number of hydrogen-bond donors (Lipinski definition) is 1. The molecule has 0 fully saturated rings. The van der Waals surface area contributed by atoms with Crippen molar-refractivity contribution in [3.63, 3.8) is 0 Å². The van der Waals surface area contributed by atoms with E-state index in [0.29, 0.717) is 34.4 Å². The lowest BCUT2D eigenvalue weighted by Gasteiger charge is -2.14. The molecule has 4 aromatic carbocycles. The first-order valence-corrected chi connectivity index (χ1v) is 11.3. The van der Waals surface area contributed by atoms with Gasteiger partial charge in [-0.15, -0.1) is 0 Å². The minimum atomic E-state index is -0.515. The molecule has 35 heavy (non-hydrogen) atoms. The molecule has 0 saturated heterocycles. The Hall–Kier alpha value is -4.27. The summed E-state index contributed by atoms with van der Waals surface area (Å²) < 4.78 is 11.4. The Morgan fingerprint density at radius 2 is 1.80 bits per heavy atom. The highest BCUT2D eigenvalue weighted by atomic mass is 35.5. The van der Waals surface area contributed by atoms with Gasteiger partial charge in [-0.25, -0.2) is 0 Å². The minimum absolute atomic E-state index is 0.0654. The number of nitriles is 1. The van der Waals surface area contributed by atoms with E-state index in [4.69, 9.17) is 21.1 Å². The van der Waals surface area contributed by atoms with E-state index in [-0.39, 0.29) is 5.57 Å². The number of benzene rings is 4. The molecule has 4 aromatic rings. The summed E-state index contributed by atoms with van der Waals surface area (Å²) in [5.41, 5.74) is 3.26. The van der Waals surface area contributed by atoms with Gasteiger partial charge in [0, 0.05) is 11.1 Å². The van der Waals surface area contributed by atoms with E-state index in [1.165, 1.54) is 18.7 Å². The van der Waals surface area contributed by atoms with Crippen molar-refractivity contribution in [2.24, 2.45) is 0 Å². The van der Waals surface area contributed by atoms with Crippen LogP contribution in [0.5, 0.6) is 11.5 Å². The van der Waals surface area contributed by atoms with Gasteiger partial charge in [-0.2, -0.15) is 5.26 Å². The van der Waals surface area contributed by atoms with Gasteiger partial charge in [0.1, 0.15) is 18.2 Å². The third kappa shape index (κ3) is 5.63. The number of hydrogen-bond acceptors (Lipinski definition) is 4. The molecular formula is C29H23ClN2O3. The van der Waals surface area contributed by atoms with Crippen LogP contribution in [0, 0.1) is 18.3 Å². The Morgan fingerprint density at radius 3 is 2.54 bits per heavy atom. The predicted molar refractivity (Wildman–Crippen MR) is 140 cm³/mol. The summed E-state index contributed by atoms with van der Waals surface area (Å²) in [6.45, 7) is 2.34. The first-order valence-electron chi connectivity index (χ1n) is 11.0. The van der Waals surface area contributed by atoms with Crippen LogP contribution < -0.4 is 14.8 Å². The van der Waals surface area contributed by atoms with Crippen LogP contribution in [0.3, 0.4) is 0 Å². The van der Waals surface area contributed by atoms with Crippen molar-refractivity contribution in [3.05, 3.63) is 106 Å². The fourth-order valence-electron chi connectivity index (χ4n) is 3.64. The fraction of sp³-hybridized carbons (Fsp3) is 0.103. The predicted octanol–water partition coefficient (Wildman–Crippen LogP) is 6.93. The molecule has 174 valence electrons. The van der Waals surface area contributed by atoms with E-state index in [0.717, 1.165) is 16.3 Å². The van der Waals surface area contributed by atoms with Crippen molar-refractivity contribution in [2.45, 2.75) is 13.5 Å². The Labute approximate surface area is 209 Å². The normalized spacial score (nSPS) is 11.1. The molecule has 4 rings (SSSR count). The monoisotopic (exact) mass is 482 g/mol. The van der Waals surface area contributed by atoms with Crippen molar-refractivity contribution < 1.29 is 14.3 Å². The molecule has 0 atom stereocenters. The Bertz CT molecular complexity index is 1450. The van der Waals surface area contributed by atoms with Gasteiger partial charge < -0.3 is 14.8 Å². The number of nitrogens with zero attached hydrogens (tertiary/aromatic N) is 1. The summed E-state index contributed by atoms with van der Waals surface area (Å²) in [7, 11) is 1.51. The number of carbonyl (C=O) groups is 1. The van der Waals surface area contributed by atoms with Gasteiger partial charge in [0.15, 0.2) is 11.5 Å². The van der Waals surface area contributed by atoms with Crippen LogP contribution in [0.1, 0.15) is 16.7 Å². The van der Waals surface area contributed by atoms with Crippen LogP contribution in [-0.4, -0.2) is 13.0 Å². The largest absolute Gasteiger partial charge is 0.493 e. The van der Waals surface area contributed by atoms with Crippen molar-refractivity contribution in [3.8, 4) is 17.6 Å². The van der Waals surface area contributed by atoms with E-state index >= 15 is 0 Å². The van der Waals surface area contributed by atoms with E-state index in [9.17, 15) is 10.1 Å². The van der Waals surface area contributed by atoms with Crippen LogP contribution in [0.15, 0.2) is 84.4 Å². The maximum Gasteiger partial charge on any atom is 0.266 e. The lowest BCUT2D eigenvalue weighted by atomic mass is 10.1. The maximum absolute atomic E-state index is 12.9. The average molecular weight is 483 g/mol. The molecule has 0 aliphatic rings. The maximum atomic E-state index is 12.9. The molecule has 1 amide bonds. The number of methoxy groups -OCH3 is 1. The van der Waals surface area contributed by atoms with Crippen molar-refractivity contribution in [2.75, 3.05) is 12.4 Å². The summed E-state index contributed by atoms with van der Waals surface area (Å²) in [6, 6.07) is 26.6. The standard InChI is InChI=1S/C29H23ClN2O3/c1-19-10-12-20(13-11-19)18-35-28-25(30)15-21(16-27(28)34-2)14-23(17-31)29(33)32-26-9-5-7-22-6-3-4-8-24(22)26/h3-16H,18H2,1-2H3,(H,32,33)/b23-14+. The fourth-order valence-corrected chi connectivity index (χ4v) is 3.92. The molecule has 1 N–H and O–H groups in total. The van der Waals surface area contributed by atoms with Crippen molar-refractivity contribution >= 4 is 40.0 Å². The molecule has 6 heteroatoms. The van der Waals surface area contributed by atoms with Gasteiger partial charge in [0.25, 0.3) is 5.91 Å². The molecule has 0 radical (unpaired) electrons. The third-order valence-corrected chi connectivity index (χ3v) is 5.75. The molecule has 0 heterocycles. The third-order valence-electron chi connectivity index (χ3n) is 5.47. The number of halogens is 1. The van der Waals surface area contributed by atoms with Gasteiger partial charge in [0.05, 0.1) is 12.1 Å². The Balaban J connectivity index is 1.57. The number of fused-ring (bicyclic) bond motifs is 1. The van der Waals surface area contributed by atoms with Gasteiger partial charge >= 0.3 is 0 Å². The number of carbonyl (C=O) groups excluding carboxylic acids is 1. The smallest absolute Gasteiger partial charge is 0.266 e. The molecule has 0 bridgehead atoms. The van der Waals surface area contributed by atoms with E-state index in [2.05, 4.69) is 5.32 Å². The Kier molecular flexibility index (Phi) is 7.35. The molecule has 0 unspecified atom stereocenters. The van der Waals surface area contributed by atoms with Gasteiger partial charge in [0.2, 0.25) is 0 Å². The summed E-state index contributed by atoms with van der Waals surface area (Å²) in [5.74, 6) is 0.284. The SMILES string of the molecule is COc1cc(/C=C(\C#N)C(=O)Nc2cccc3ccccc23)cc(Cl)c1OCc1ccc(C)cc1. The lowest BCUT2D eigenvalue weighted by Crippen LogP contribution is -2.13. The summed E-state index contributed by atoms with van der Waals surface area (Å²) in [4.78, 5) is 12.9. The van der Waals surface area contributed by atoms with Gasteiger partial charge in [-0.05, 0) is 47.7 Å². The van der Waals surface area contributed by atoms with Crippen LogP contribution in [0.2, 0.25) is 5.02 Å². The first kappa shape index (κ1) is 23.9. The summed E-state index contributed by atoms with van der Waals surface area (Å²) in [6.07, 6.45) is 1.47. The van der Waals surface area contributed by atoms with E-state index in [1.807, 2.05) is 73.7 Å². The highest BCUT2D eigenvalue weighted by Crippen LogP contribution is 2.37.